The van der Waals surface area contributed by atoms with E-state index in [2.05, 4.69) is 27.2 Å². The first-order chi connectivity index (χ1) is 12.5. The standard InChI is InChI=1S/C19H20Cl3N3O/c1-13(19(26)23-18-12-16(21)15(20)11-17(18)22)24-7-9-25(10-8-24)14-5-3-2-4-6-14/h2-6,11-13H,7-10H2,1H3,(H,23,26)/t13-/m0/s1. The summed E-state index contributed by atoms with van der Waals surface area (Å²) >= 11 is 18.1. The van der Waals surface area contributed by atoms with Crippen molar-refractivity contribution in [1.82, 2.24) is 4.90 Å². The average molecular weight is 413 g/mol. The lowest BCUT2D eigenvalue weighted by molar-refractivity contribution is -0.120. The molecule has 1 aliphatic heterocycles. The van der Waals surface area contributed by atoms with E-state index in [0.29, 0.717) is 20.8 Å². The summed E-state index contributed by atoms with van der Waals surface area (Å²) in [6.45, 7) is 5.31. The Balaban J connectivity index is 1.59. The van der Waals surface area contributed by atoms with Gasteiger partial charge < -0.3 is 10.2 Å². The number of hydrogen-bond acceptors (Lipinski definition) is 3. The average Bonchev–Trinajstić information content (AvgIpc) is 2.66. The number of halogens is 3. The number of benzene rings is 2. The Hall–Kier alpha value is -1.46. The second-order valence-corrected chi connectivity index (χ2v) is 7.49. The molecule has 3 rings (SSSR count). The van der Waals surface area contributed by atoms with E-state index in [1.165, 1.54) is 11.8 Å². The molecule has 2 aromatic rings. The van der Waals surface area contributed by atoms with Crippen LogP contribution in [0.4, 0.5) is 11.4 Å². The minimum Gasteiger partial charge on any atom is -0.369 e. The number of carbonyl (C=O) groups is 1. The Bertz CT molecular complexity index is 777. The summed E-state index contributed by atoms with van der Waals surface area (Å²) in [5.41, 5.74) is 1.69. The molecule has 26 heavy (non-hydrogen) atoms. The van der Waals surface area contributed by atoms with Gasteiger partial charge in [0.1, 0.15) is 0 Å². The number of nitrogens with one attached hydrogen (secondary N) is 1. The van der Waals surface area contributed by atoms with Gasteiger partial charge in [0, 0.05) is 31.9 Å². The lowest BCUT2D eigenvalue weighted by atomic mass is 10.2. The molecule has 0 aliphatic carbocycles. The first-order valence-electron chi connectivity index (χ1n) is 8.45. The molecule has 138 valence electrons. The molecule has 0 aromatic heterocycles. The van der Waals surface area contributed by atoms with Crippen molar-refractivity contribution in [1.29, 1.82) is 0 Å². The van der Waals surface area contributed by atoms with Crippen molar-refractivity contribution in [3.8, 4) is 0 Å². The summed E-state index contributed by atoms with van der Waals surface area (Å²) in [5.74, 6) is -0.113. The fourth-order valence-corrected chi connectivity index (χ4v) is 3.62. The molecule has 1 amide bonds. The Morgan fingerprint density at radius 3 is 2.23 bits per heavy atom. The number of piperazine rings is 1. The molecule has 0 saturated carbocycles. The summed E-state index contributed by atoms with van der Waals surface area (Å²) in [7, 11) is 0. The SMILES string of the molecule is C[C@@H](C(=O)Nc1cc(Cl)c(Cl)cc1Cl)N1CCN(c2ccccc2)CC1. The van der Waals surface area contributed by atoms with Gasteiger partial charge in [-0.2, -0.15) is 0 Å². The fraction of sp³-hybridized carbons (Fsp3) is 0.316. The maximum Gasteiger partial charge on any atom is 0.241 e. The van der Waals surface area contributed by atoms with Gasteiger partial charge in [0.25, 0.3) is 0 Å². The lowest BCUT2D eigenvalue weighted by Gasteiger charge is -2.38. The number of anilines is 2. The minimum absolute atomic E-state index is 0.113. The Labute approximate surface area is 168 Å². The van der Waals surface area contributed by atoms with Gasteiger partial charge in [-0.3, -0.25) is 9.69 Å². The Kier molecular flexibility index (Phi) is 6.30. The van der Waals surface area contributed by atoms with Gasteiger partial charge in [-0.25, -0.2) is 0 Å². The van der Waals surface area contributed by atoms with Gasteiger partial charge in [-0.15, -0.1) is 0 Å². The molecule has 0 bridgehead atoms. The van der Waals surface area contributed by atoms with Crippen LogP contribution in [0, 0.1) is 0 Å². The molecule has 0 spiro atoms. The number of rotatable bonds is 4. The molecule has 1 N–H and O–H groups in total. The van der Waals surface area contributed by atoms with Crippen LogP contribution >= 0.6 is 34.8 Å². The second kappa shape index (κ2) is 8.49. The third kappa shape index (κ3) is 4.44. The van der Waals surface area contributed by atoms with E-state index in [9.17, 15) is 4.79 Å². The smallest absolute Gasteiger partial charge is 0.241 e. The highest BCUT2D eigenvalue weighted by atomic mass is 35.5. The van der Waals surface area contributed by atoms with Gasteiger partial charge in [0.15, 0.2) is 0 Å². The van der Waals surface area contributed by atoms with Crippen LogP contribution in [0.3, 0.4) is 0 Å². The zero-order valence-corrected chi connectivity index (χ0v) is 16.7. The summed E-state index contributed by atoms with van der Waals surface area (Å²) in [6, 6.07) is 13.2. The molecular formula is C19H20Cl3N3O. The summed E-state index contributed by atoms with van der Waals surface area (Å²) < 4.78 is 0. The third-order valence-corrected chi connectivity index (χ3v) is 5.67. The molecule has 0 radical (unpaired) electrons. The Morgan fingerprint density at radius 1 is 0.962 bits per heavy atom. The monoisotopic (exact) mass is 411 g/mol. The lowest BCUT2D eigenvalue weighted by Crippen LogP contribution is -2.52. The highest BCUT2D eigenvalue weighted by molar-refractivity contribution is 6.44. The molecule has 7 heteroatoms. The van der Waals surface area contributed by atoms with E-state index in [1.54, 1.807) is 6.07 Å². The first-order valence-corrected chi connectivity index (χ1v) is 9.58. The highest BCUT2D eigenvalue weighted by Crippen LogP contribution is 2.32. The molecule has 1 heterocycles. The van der Waals surface area contributed by atoms with Crippen molar-refractivity contribution in [2.75, 3.05) is 36.4 Å². The largest absolute Gasteiger partial charge is 0.369 e. The van der Waals surface area contributed by atoms with Gasteiger partial charge in [-0.05, 0) is 31.2 Å². The Morgan fingerprint density at radius 2 is 1.58 bits per heavy atom. The van der Waals surface area contributed by atoms with Crippen LogP contribution in [0.2, 0.25) is 15.1 Å². The highest BCUT2D eigenvalue weighted by Gasteiger charge is 2.26. The van der Waals surface area contributed by atoms with Gasteiger partial charge >= 0.3 is 0 Å². The molecule has 1 atom stereocenters. The number of para-hydroxylation sites is 1. The molecule has 4 nitrogen and oxygen atoms in total. The van der Waals surface area contributed by atoms with E-state index in [4.69, 9.17) is 34.8 Å². The van der Waals surface area contributed by atoms with E-state index >= 15 is 0 Å². The summed E-state index contributed by atoms with van der Waals surface area (Å²) in [6.07, 6.45) is 0. The normalized spacial score (nSPS) is 16.4. The van der Waals surface area contributed by atoms with Crippen LogP contribution in [-0.4, -0.2) is 43.0 Å². The zero-order valence-electron chi connectivity index (χ0n) is 14.4. The summed E-state index contributed by atoms with van der Waals surface area (Å²) in [4.78, 5) is 17.1. The van der Waals surface area contributed by atoms with E-state index < -0.39 is 0 Å². The van der Waals surface area contributed by atoms with Crippen LogP contribution in [0.5, 0.6) is 0 Å². The second-order valence-electron chi connectivity index (χ2n) is 6.27. The molecule has 2 aromatic carbocycles. The predicted molar refractivity (Wildman–Crippen MR) is 110 cm³/mol. The molecule has 1 fully saturated rings. The van der Waals surface area contributed by atoms with Crippen LogP contribution < -0.4 is 10.2 Å². The molecule has 1 saturated heterocycles. The topological polar surface area (TPSA) is 35.6 Å². The maximum atomic E-state index is 12.6. The van der Waals surface area contributed by atoms with Crippen LogP contribution in [-0.2, 0) is 4.79 Å². The van der Waals surface area contributed by atoms with Crippen molar-refractivity contribution < 1.29 is 4.79 Å². The predicted octanol–water partition coefficient (Wildman–Crippen LogP) is 4.80. The maximum absolute atomic E-state index is 12.6. The van der Waals surface area contributed by atoms with Gasteiger partial charge in [0.05, 0.1) is 26.8 Å². The van der Waals surface area contributed by atoms with E-state index in [0.717, 1.165) is 26.2 Å². The van der Waals surface area contributed by atoms with Crippen LogP contribution in [0.15, 0.2) is 42.5 Å². The quantitative estimate of drug-likeness (QED) is 0.733. The summed E-state index contributed by atoms with van der Waals surface area (Å²) in [5, 5.41) is 3.94. The zero-order chi connectivity index (χ0) is 18.7. The third-order valence-electron chi connectivity index (χ3n) is 4.63. The fourth-order valence-electron chi connectivity index (χ4n) is 3.03. The van der Waals surface area contributed by atoms with Gasteiger partial charge in [-0.1, -0.05) is 53.0 Å². The van der Waals surface area contributed by atoms with Crippen molar-refractivity contribution in [2.45, 2.75) is 13.0 Å². The molecule has 0 unspecified atom stereocenters. The number of carbonyl (C=O) groups excluding carboxylic acids is 1. The molecular weight excluding hydrogens is 393 g/mol. The first kappa shape index (κ1) is 19.3. The van der Waals surface area contributed by atoms with Gasteiger partial charge in [0.2, 0.25) is 5.91 Å². The van der Waals surface area contributed by atoms with E-state index in [-0.39, 0.29) is 11.9 Å². The van der Waals surface area contributed by atoms with Crippen LogP contribution in [0.1, 0.15) is 6.92 Å². The van der Waals surface area contributed by atoms with Crippen molar-refractivity contribution in [2.24, 2.45) is 0 Å². The van der Waals surface area contributed by atoms with Crippen molar-refractivity contribution >= 4 is 52.1 Å². The van der Waals surface area contributed by atoms with E-state index in [1.807, 2.05) is 25.1 Å². The van der Waals surface area contributed by atoms with Crippen molar-refractivity contribution in [3.05, 3.63) is 57.5 Å². The van der Waals surface area contributed by atoms with Crippen molar-refractivity contribution in [3.63, 3.8) is 0 Å². The number of hydrogen-bond donors (Lipinski definition) is 1. The number of amides is 1. The van der Waals surface area contributed by atoms with Crippen LogP contribution in [0.25, 0.3) is 0 Å². The minimum atomic E-state index is -0.265. The molecule has 1 aliphatic rings. The number of nitrogens with zero attached hydrogens (tertiary/aromatic N) is 2.